The highest BCUT2D eigenvalue weighted by atomic mass is 16.3. The van der Waals surface area contributed by atoms with Gasteiger partial charge in [-0.2, -0.15) is 0 Å². The number of hydrogen-bond acceptors (Lipinski definition) is 5. The molecular weight excluding hydrogens is 280 g/mol. The van der Waals surface area contributed by atoms with Crippen molar-refractivity contribution < 1.29 is 9.21 Å². The molecule has 3 heterocycles. The molecule has 22 heavy (non-hydrogen) atoms. The number of hydrogen-bond donors (Lipinski definition) is 1. The van der Waals surface area contributed by atoms with E-state index in [2.05, 4.69) is 27.1 Å². The van der Waals surface area contributed by atoms with Gasteiger partial charge in [-0.05, 0) is 44.7 Å². The minimum Gasteiger partial charge on any atom is -0.441 e. The predicted octanol–water partition coefficient (Wildman–Crippen LogP) is 3.01. The van der Waals surface area contributed by atoms with Crippen molar-refractivity contribution >= 4 is 17.4 Å². The van der Waals surface area contributed by atoms with E-state index in [1.807, 2.05) is 13.0 Å². The Morgan fingerprint density at radius 1 is 1.41 bits per heavy atom. The minimum absolute atomic E-state index is 0.0476. The van der Waals surface area contributed by atoms with Gasteiger partial charge in [0.25, 0.3) is 5.89 Å². The largest absolute Gasteiger partial charge is 0.441 e. The second-order valence-electron chi connectivity index (χ2n) is 5.69. The van der Waals surface area contributed by atoms with Crippen LogP contribution in [-0.2, 0) is 0 Å². The smallest absolute Gasteiger partial charge is 0.311 e. The van der Waals surface area contributed by atoms with Crippen LogP contribution in [0.1, 0.15) is 42.4 Å². The number of nitrogens with one attached hydrogen (secondary N) is 1. The molecule has 1 N–H and O–H groups in total. The van der Waals surface area contributed by atoms with Gasteiger partial charge in [0.15, 0.2) is 0 Å². The van der Waals surface area contributed by atoms with E-state index in [0.717, 1.165) is 17.9 Å². The van der Waals surface area contributed by atoms with E-state index in [1.54, 1.807) is 6.20 Å². The van der Waals surface area contributed by atoms with Crippen molar-refractivity contribution in [3.63, 3.8) is 0 Å². The molecule has 0 aromatic carbocycles. The number of nitrogens with zero attached hydrogens (tertiary/aromatic N) is 3. The van der Waals surface area contributed by atoms with Crippen LogP contribution in [0, 0.1) is 6.92 Å². The molecule has 1 fully saturated rings. The summed E-state index contributed by atoms with van der Waals surface area (Å²) in [7, 11) is 0. The van der Waals surface area contributed by atoms with Crippen molar-refractivity contribution in [2.24, 2.45) is 0 Å². The van der Waals surface area contributed by atoms with E-state index in [9.17, 15) is 4.79 Å². The number of carbonyl (C=O) groups excluding carboxylic acids is 1. The molecular formula is C16H20N4O2. The maximum absolute atomic E-state index is 11.9. The number of anilines is 2. The molecule has 2 aromatic rings. The fourth-order valence-corrected chi connectivity index (χ4v) is 2.87. The van der Waals surface area contributed by atoms with Crippen molar-refractivity contribution in [3.8, 4) is 0 Å². The monoisotopic (exact) mass is 300 g/mol. The van der Waals surface area contributed by atoms with Gasteiger partial charge in [0.1, 0.15) is 12.1 Å². The molecule has 1 saturated heterocycles. The predicted molar refractivity (Wildman–Crippen MR) is 84.1 cm³/mol. The summed E-state index contributed by atoms with van der Waals surface area (Å²) in [5.74, 6) is 0.679. The summed E-state index contributed by atoms with van der Waals surface area (Å²) in [5, 5.41) is 2.75. The second-order valence-corrected chi connectivity index (χ2v) is 5.69. The summed E-state index contributed by atoms with van der Waals surface area (Å²) in [5.41, 5.74) is 1.70. The first kappa shape index (κ1) is 14.6. The third-order valence-corrected chi connectivity index (χ3v) is 4.01. The van der Waals surface area contributed by atoms with Gasteiger partial charge >= 0.3 is 5.91 Å². The summed E-state index contributed by atoms with van der Waals surface area (Å²) in [4.78, 5) is 22.6. The zero-order valence-corrected chi connectivity index (χ0v) is 12.9. The van der Waals surface area contributed by atoms with Crippen LogP contribution in [-0.4, -0.2) is 28.5 Å². The maximum Gasteiger partial charge on any atom is 0.311 e. The van der Waals surface area contributed by atoms with Crippen LogP contribution in [0.4, 0.5) is 11.5 Å². The molecule has 0 spiro atoms. The van der Waals surface area contributed by atoms with Crippen LogP contribution in [0.2, 0.25) is 0 Å². The molecule has 1 unspecified atom stereocenters. The second kappa shape index (κ2) is 6.17. The van der Waals surface area contributed by atoms with Crippen LogP contribution in [0.25, 0.3) is 0 Å². The summed E-state index contributed by atoms with van der Waals surface area (Å²) in [6.45, 7) is 5.29. The molecule has 1 atom stereocenters. The first-order valence-electron chi connectivity index (χ1n) is 7.59. The van der Waals surface area contributed by atoms with Crippen molar-refractivity contribution in [3.05, 3.63) is 36.2 Å². The quantitative estimate of drug-likeness (QED) is 0.943. The Morgan fingerprint density at radius 3 is 2.95 bits per heavy atom. The Hall–Kier alpha value is -2.37. The highest BCUT2D eigenvalue weighted by molar-refractivity contribution is 6.00. The first-order valence-corrected chi connectivity index (χ1v) is 7.59. The van der Waals surface area contributed by atoms with Gasteiger partial charge in [-0.15, -0.1) is 0 Å². The molecule has 0 aliphatic carbocycles. The fraction of sp³-hybridized carbons (Fsp3) is 0.438. The molecule has 116 valence electrons. The molecule has 1 amide bonds. The molecule has 0 saturated carbocycles. The first-order chi connectivity index (χ1) is 10.6. The van der Waals surface area contributed by atoms with Gasteiger partial charge in [-0.1, -0.05) is 0 Å². The molecule has 2 aromatic heterocycles. The third kappa shape index (κ3) is 2.95. The van der Waals surface area contributed by atoms with E-state index in [1.165, 1.54) is 31.7 Å². The summed E-state index contributed by atoms with van der Waals surface area (Å²) < 4.78 is 4.98. The van der Waals surface area contributed by atoms with Crippen LogP contribution >= 0.6 is 0 Å². The molecule has 0 bridgehead atoms. The van der Waals surface area contributed by atoms with Gasteiger partial charge in [0.05, 0.1) is 18.1 Å². The van der Waals surface area contributed by atoms with Crippen molar-refractivity contribution in [1.82, 2.24) is 9.97 Å². The van der Waals surface area contributed by atoms with Crippen LogP contribution in [0.5, 0.6) is 0 Å². The van der Waals surface area contributed by atoms with Crippen molar-refractivity contribution in [2.75, 3.05) is 16.8 Å². The Kier molecular flexibility index (Phi) is 4.09. The maximum atomic E-state index is 11.9. The molecule has 0 radical (unpaired) electrons. The van der Waals surface area contributed by atoms with Crippen molar-refractivity contribution in [2.45, 2.75) is 39.2 Å². The average molecular weight is 300 g/mol. The van der Waals surface area contributed by atoms with Gasteiger partial charge < -0.3 is 14.6 Å². The number of rotatable bonds is 3. The lowest BCUT2D eigenvalue weighted by atomic mass is 10.0. The zero-order valence-electron chi connectivity index (χ0n) is 12.9. The number of piperidine rings is 1. The summed E-state index contributed by atoms with van der Waals surface area (Å²) in [6, 6.07) is 2.44. The van der Waals surface area contributed by atoms with Crippen molar-refractivity contribution in [1.29, 1.82) is 0 Å². The van der Waals surface area contributed by atoms with Crippen LogP contribution < -0.4 is 10.2 Å². The Morgan fingerprint density at radius 2 is 2.27 bits per heavy atom. The molecule has 1 aliphatic rings. The number of oxazole rings is 1. The fourth-order valence-electron chi connectivity index (χ4n) is 2.87. The Bertz CT molecular complexity index is 654. The molecule has 3 rings (SSSR count). The molecule has 6 heteroatoms. The zero-order chi connectivity index (χ0) is 15.5. The van der Waals surface area contributed by atoms with E-state index in [4.69, 9.17) is 4.42 Å². The number of pyridine rings is 1. The summed E-state index contributed by atoms with van der Waals surface area (Å²) >= 11 is 0. The van der Waals surface area contributed by atoms with Gasteiger partial charge in [0, 0.05) is 12.6 Å². The number of amides is 1. The van der Waals surface area contributed by atoms with E-state index < -0.39 is 0 Å². The number of carbonyl (C=O) groups is 1. The summed E-state index contributed by atoms with van der Waals surface area (Å²) in [6.07, 6.45) is 8.18. The Labute approximate surface area is 129 Å². The molecule has 1 aliphatic heterocycles. The van der Waals surface area contributed by atoms with E-state index in [-0.39, 0.29) is 11.8 Å². The van der Waals surface area contributed by atoms with Gasteiger partial charge in [0.2, 0.25) is 0 Å². The SMILES string of the molecule is Cc1cc(NC(=O)c2ncco2)cnc1N1CCCCC1C. The van der Waals surface area contributed by atoms with Crippen LogP contribution in [0.15, 0.2) is 29.1 Å². The standard InChI is InChI=1S/C16H20N4O2/c1-11-9-13(19-15(21)16-17-6-8-22-16)10-18-14(11)20-7-4-3-5-12(20)2/h6,8-10,12H,3-5,7H2,1-2H3,(H,19,21). The van der Waals surface area contributed by atoms with E-state index >= 15 is 0 Å². The lowest BCUT2D eigenvalue weighted by Gasteiger charge is -2.35. The lowest BCUT2D eigenvalue weighted by Crippen LogP contribution is -2.38. The van der Waals surface area contributed by atoms with Gasteiger partial charge in [-0.3, -0.25) is 4.79 Å². The number of aromatic nitrogens is 2. The number of aryl methyl sites for hydroxylation is 1. The minimum atomic E-state index is -0.370. The third-order valence-electron chi connectivity index (χ3n) is 4.01. The normalized spacial score (nSPS) is 18.3. The van der Waals surface area contributed by atoms with Gasteiger partial charge in [-0.25, -0.2) is 9.97 Å². The van der Waals surface area contributed by atoms with E-state index in [0.29, 0.717) is 11.7 Å². The average Bonchev–Trinajstić information content (AvgIpc) is 3.03. The lowest BCUT2D eigenvalue weighted by molar-refractivity contribution is 0.0990. The Balaban J connectivity index is 1.76. The van der Waals surface area contributed by atoms with Crippen LogP contribution in [0.3, 0.4) is 0 Å². The highest BCUT2D eigenvalue weighted by Gasteiger charge is 2.21. The molecule has 6 nitrogen and oxygen atoms in total. The topological polar surface area (TPSA) is 71.3 Å². The highest BCUT2D eigenvalue weighted by Crippen LogP contribution is 2.27.